The number of piperidine rings is 1. The molecule has 1 N–H and O–H groups in total. The number of likely N-dealkylation sites (tertiary alicyclic amines) is 1. The minimum atomic E-state index is -0.323. The molecule has 1 saturated heterocycles. The lowest BCUT2D eigenvalue weighted by atomic mass is 10.1. The molecule has 0 unspecified atom stereocenters. The van der Waals surface area contributed by atoms with E-state index in [9.17, 15) is 4.39 Å². The van der Waals surface area contributed by atoms with Crippen LogP contribution in [0.1, 0.15) is 37.3 Å². The number of nitrogens with one attached hydrogen (secondary N) is 1. The standard InChI is InChI=1S/C23H25FN4/c1-3-5-10-22-19(9-4-2)16-26-28(22)17-20-12-11-18(15-21(20)24)23(25)27-13-7-6-8-14-27/h4,9-12,15-16,25H,2,6-8,13-14,17H2,1H3/b19-9-,22-10+,25-23?. The third kappa shape index (κ3) is 4.40. The van der Waals surface area contributed by atoms with Gasteiger partial charge in [-0.25, -0.2) is 4.39 Å². The molecule has 28 heavy (non-hydrogen) atoms. The lowest BCUT2D eigenvalue weighted by Gasteiger charge is -2.29. The van der Waals surface area contributed by atoms with Crippen molar-refractivity contribution in [1.82, 2.24) is 14.7 Å². The number of nitrogens with zero attached hydrogens (tertiary/aromatic N) is 3. The summed E-state index contributed by atoms with van der Waals surface area (Å²) in [4.78, 5) is 2.03. The van der Waals surface area contributed by atoms with Crippen LogP contribution in [0.5, 0.6) is 0 Å². The van der Waals surface area contributed by atoms with Gasteiger partial charge in [-0.1, -0.05) is 36.8 Å². The number of hydrogen-bond acceptors (Lipinski definition) is 2. The lowest BCUT2D eigenvalue weighted by Crippen LogP contribution is -2.35. The highest BCUT2D eigenvalue weighted by molar-refractivity contribution is 5.96. The lowest BCUT2D eigenvalue weighted by molar-refractivity contribution is 0.341. The van der Waals surface area contributed by atoms with Gasteiger partial charge in [-0.05, 0) is 32.3 Å². The molecule has 0 amide bonds. The van der Waals surface area contributed by atoms with Crippen molar-refractivity contribution in [2.75, 3.05) is 13.1 Å². The van der Waals surface area contributed by atoms with Crippen molar-refractivity contribution in [3.05, 3.63) is 64.6 Å². The van der Waals surface area contributed by atoms with Crippen molar-refractivity contribution in [3.8, 4) is 11.8 Å². The zero-order chi connectivity index (χ0) is 19.9. The molecular weight excluding hydrogens is 351 g/mol. The second-order valence-corrected chi connectivity index (χ2v) is 6.79. The number of halogens is 1. The summed E-state index contributed by atoms with van der Waals surface area (Å²) >= 11 is 0. The molecule has 0 bridgehead atoms. The molecule has 2 heterocycles. The predicted octanol–water partition coefficient (Wildman–Crippen LogP) is 2.65. The van der Waals surface area contributed by atoms with Gasteiger partial charge < -0.3 is 4.90 Å². The molecule has 0 radical (unpaired) electrons. The summed E-state index contributed by atoms with van der Waals surface area (Å²) in [5, 5.41) is 14.5. The van der Waals surface area contributed by atoms with E-state index < -0.39 is 0 Å². The Labute approximate surface area is 165 Å². The Bertz CT molecular complexity index is 1050. The molecule has 1 aromatic heterocycles. The van der Waals surface area contributed by atoms with Crippen LogP contribution in [0.4, 0.5) is 4.39 Å². The first kappa shape index (κ1) is 19.6. The summed E-state index contributed by atoms with van der Waals surface area (Å²) < 4.78 is 16.5. The van der Waals surface area contributed by atoms with Gasteiger partial charge in [0.2, 0.25) is 0 Å². The molecule has 1 aliphatic rings. The van der Waals surface area contributed by atoms with E-state index in [1.165, 1.54) is 12.5 Å². The van der Waals surface area contributed by atoms with Crippen molar-refractivity contribution in [1.29, 1.82) is 5.41 Å². The average molecular weight is 376 g/mol. The van der Waals surface area contributed by atoms with Gasteiger partial charge in [0.05, 0.1) is 18.1 Å². The fraction of sp³-hybridized carbons (Fsp3) is 0.304. The van der Waals surface area contributed by atoms with E-state index in [0.29, 0.717) is 23.5 Å². The van der Waals surface area contributed by atoms with E-state index in [4.69, 9.17) is 5.41 Å². The van der Waals surface area contributed by atoms with Crippen LogP contribution >= 0.6 is 0 Å². The highest BCUT2D eigenvalue weighted by Gasteiger charge is 2.16. The molecule has 0 spiro atoms. The summed E-state index contributed by atoms with van der Waals surface area (Å²) in [5.41, 5.74) is 1.15. The Balaban J connectivity index is 1.88. The smallest absolute Gasteiger partial charge is 0.129 e. The monoisotopic (exact) mass is 376 g/mol. The number of benzene rings is 1. The van der Waals surface area contributed by atoms with Gasteiger partial charge in [0.25, 0.3) is 0 Å². The number of amidine groups is 1. The molecule has 5 heteroatoms. The Morgan fingerprint density at radius 3 is 2.79 bits per heavy atom. The molecule has 2 aromatic rings. The van der Waals surface area contributed by atoms with Gasteiger partial charge in [0, 0.05) is 35.5 Å². The van der Waals surface area contributed by atoms with Crippen molar-refractivity contribution < 1.29 is 4.39 Å². The Kier molecular flexibility index (Phi) is 6.44. The topological polar surface area (TPSA) is 44.9 Å². The summed E-state index contributed by atoms with van der Waals surface area (Å²) in [6.45, 7) is 7.53. The van der Waals surface area contributed by atoms with Gasteiger partial charge in [-0.3, -0.25) is 10.1 Å². The predicted molar refractivity (Wildman–Crippen MR) is 112 cm³/mol. The molecule has 144 valence electrons. The van der Waals surface area contributed by atoms with Crippen molar-refractivity contribution in [3.63, 3.8) is 0 Å². The zero-order valence-corrected chi connectivity index (χ0v) is 16.2. The Morgan fingerprint density at radius 2 is 2.11 bits per heavy atom. The number of hydrogen-bond donors (Lipinski definition) is 1. The number of rotatable bonds is 4. The van der Waals surface area contributed by atoms with Crippen LogP contribution in [-0.2, 0) is 6.54 Å². The Morgan fingerprint density at radius 1 is 1.32 bits per heavy atom. The third-order valence-corrected chi connectivity index (χ3v) is 4.88. The average Bonchev–Trinajstić information content (AvgIpc) is 3.09. The van der Waals surface area contributed by atoms with E-state index in [-0.39, 0.29) is 5.82 Å². The van der Waals surface area contributed by atoms with Crippen LogP contribution < -0.4 is 10.6 Å². The number of aromatic nitrogens is 2. The molecule has 0 aliphatic carbocycles. The van der Waals surface area contributed by atoms with Crippen LogP contribution in [0.25, 0.3) is 12.2 Å². The van der Waals surface area contributed by atoms with E-state index in [2.05, 4.69) is 23.5 Å². The Hall–Kier alpha value is -3.13. The van der Waals surface area contributed by atoms with Gasteiger partial charge in [-0.2, -0.15) is 5.10 Å². The molecule has 1 fully saturated rings. The SMILES string of the molecule is C=C/C=c1/cnn(Cc2ccc(C(=N)N3CCCCC3)cc2F)/c1=C/C#CC. The molecular formula is C23H25FN4. The van der Waals surface area contributed by atoms with Gasteiger partial charge in [0.1, 0.15) is 11.7 Å². The van der Waals surface area contributed by atoms with Gasteiger partial charge in [0.15, 0.2) is 0 Å². The first-order chi connectivity index (χ1) is 13.6. The maximum atomic E-state index is 14.8. The maximum absolute atomic E-state index is 14.8. The molecule has 0 saturated carbocycles. The summed E-state index contributed by atoms with van der Waals surface area (Å²) in [6, 6.07) is 5.03. The minimum Gasteiger partial charge on any atom is -0.357 e. The van der Waals surface area contributed by atoms with Crippen LogP contribution in [-0.4, -0.2) is 33.6 Å². The summed E-state index contributed by atoms with van der Waals surface area (Å²) in [6.07, 6.45) is 10.4. The normalized spacial score (nSPS) is 15.3. The fourth-order valence-corrected chi connectivity index (χ4v) is 3.37. The molecule has 1 aromatic carbocycles. The molecule has 0 atom stereocenters. The quantitative estimate of drug-likeness (QED) is 0.507. The van der Waals surface area contributed by atoms with Crippen LogP contribution in [0.15, 0.2) is 37.1 Å². The largest absolute Gasteiger partial charge is 0.357 e. The van der Waals surface area contributed by atoms with Crippen molar-refractivity contribution >= 4 is 18.0 Å². The third-order valence-electron chi connectivity index (χ3n) is 4.88. The minimum absolute atomic E-state index is 0.297. The first-order valence-corrected chi connectivity index (χ1v) is 9.53. The van der Waals surface area contributed by atoms with Gasteiger partial charge >= 0.3 is 0 Å². The van der Waals surface area contributed by atoms with Crippen molar-refractivity contribution in [2.45, 2.75) is 32.7 Å². The van der Waals surface area contributed by atoms with Crippen molar-refractivity contribution in [2.24, 2.45) is 0 Å². The van der Waals surface area contributed by atoms with Crippen LogP contribution in [0, 0.1) is 23.1 Å². The van der Waals surface area contributed by atoms with E-state index in [1.54, 1.807) is 36.0 Å². The van der Waals surface area contributed by atoms with E-state index in [1.807, 2.05) is 17.0 Å². The molecule has 3 rings (SSSR count). The second kappa shape index (κ2) is 9.18. The second-order valence-electron chi connectivity index (χ2n) is 6.79. The van der Waals surface area contributed by atoms with Crippen LogP contribution in [0.2, 0.25) is 0 Å². The number of allylic oxidation sites excluding steroid dienone is 1. The summed E-state index contributed by atoms with van der Waals surface area (Å²) in [5.74, 6) is 5.85. The fourth-order valence-electron chi connectivity index (χ4n) is 3.37. The first-order valence-electron chi connectivity index (χ1n) is 9.53. The molecule has 4 nitrogen and oxygen atoms in total. The zero-order valence-electron chi connectivity index (χ0n) is 16.2. The van der Waals surface area contributed by atoms with Crippen LogP contribution in [0.3, 0.4) is 0 Å². The van der Waals surface area contributed by atoms with E-state index >= 15 is 0 Å². The highest BCUT2D eigenvalue weighted by atomic mass is 19.1. The van der Waals surface area contributed by atoms with E-state index in [0.717, 1.165) is 36.5 Å². The van der Waals surface area contributed by atoms with Gasteiger partial charge in [-0.15, -0.1) is 5.92 Å². The highest BCUT2D eigenvalue weighted by Crippen LogP contribution is 2.16. The molecule has 1 aliphatic heterocycles. The summed E-state index contributed by atoms with van der Waals surface area (Å²) in [7, 11) is 0. The maximum Gasteiger partial charge on any atom is 0.129 e.